The number of amides is 1. The number of fused-ring (bicyclic) bond motifs is 1. The zero-order valence-corrected chi connectivity index (χ0v) is 15.7. The van der Waals surface area contributed by atoms with E-state index in [4.69, 9.17) is 4.74 Å². The summed E-state index contributed by atoms with van der Waals surface area (Å²) in [5.74, 6) is -0.612. The number of thiophene rings is 1. The maximum atomic E-state index is 12.4. The van der Waals surface area contributed by atoms with Crippen molar-refractivity contribution in [2.75, 3.05) is 12.4 Å². The van der Waals surface area contributed by atoms with Gasteiger partial charge in [0.15, 0.2) is 0 Å². The summed E-state index contributed by atoms with van der Waals surface area (Å²) in [6.07, 6.45) is 9.66. The summed E-state index contributed by atoms with van der Waals surface area (Å²) in [5.41, 5.74) is 2.55. The molecule has 0 spiro atoms. The number of nitrogens with one attached hydrogen (secondary N) is 1. The second-order valence-corrected chi connectivity index (χ2v) is 7.45. The highest BCUT2D eigenvalue weighted by Gasteiger charge is 2.25. The Bertz CT molecular complexity index is 808. The first-order valence-electron chi connectivity index (χ1n) is 8.96. The van der Waals surface area contributed by atoms with E-state index in [0.29, 0.717) is 10.6 Å². The molecule has 4 nitrogen and oxygen atoms in total. The Morgan fingerprint density at radius 3 is 2.54 bits per heavy atom. The van der Waals surface area contributed by atoms with E-state index in [1.807, 2.05) is 30.3 Å². The molecule has 1 heterocycles. The Hall–Kier alpha value is -2.40. The molecule has 0 saturated carbocycles. The number of anilines is 1. The molecule has 5 heteroatoms. The van der Waals surface area contributed by atoms with Gasteiger partial charge in [-0.05, 0) is 42.9 Å². The van der Waals surface area contributed by atoms with E-state index >= 15 is 0 Å². The van der Waals surface area contributed by atoms with Crippen molar-refractivity contribution in [2.24, 2.45) is 0 Å². The minimum absolute atomic E-state index is 0.242. The predicted octanol–water partition coefficient (Wildman–Crippen LogP) is 4.85. The molecular weight excluding hydrogens is 346 g/mol. The van der Waals surface area contributed by atoms with Crippen molar-refractivity contribution < 1.29 is 14.3 Å². The van der Waals surface area contributed by atoms with Crippen LogP contribution in [0.2, 0.25) is 0 Å². The second-order valence-electron chi connectivity index (χ2n) is 6.35. The number of hydrogen-bond donors (Lipinski definition) is 1. The summed E-state index contributed by atoms with van der Waals surface area (Å²) in [5, 5.41) is 3.49. The third-order valence-corrected chi connectivity index (χ3v) is 5.73. The lowest BCUT2D eigenvalue weighted by molar-refractivity contribution is -0.111. The topological polar surface area (TPSA) is 55.4 Å². The molecule has 0 fully saturated rings. The van der Waals surface area contributed by atoms with Crippen molar-refractivity contribution in [1.82, 2.24) is 0 Å². The van der Waals surface area contributed by atoms with E-state index in [0.717, 1.165) is 36.8 Å². The standard InChI is InChI=1S/C21H23NO3S/c1-25-21(24)19-16-11-7-2-3-8-12-17(16)26-20(19)22-18(23)14-13-15-9-5-4-6-10-15/h4-6,9-10,13-14H,2-3,7-8,11-12H2,1H3,(H,22,23). The second kappa shape index (κ2) is 8.81. The van der Waals surface area contributed by atoms with Crippen molar-refractivity contribution in [3.8, 4) is 0 Å². The van der Waals surface area contributed by atoms with Crippen LogP contribution >= 0.6 is 11.3 Å². The predicted molar refractivity (Wildman–Crippen MR) is 106 cm³/mol. The lowest BCUT2D eigenvalue weighted by Gasteiger charge is -2.10. The van der Waals surface area contributed by atoms with E-state index in [1.165, 1.54) is 42.2 Å². The van der Waals surface area contributed by atoms with Crippen LogP contribution in [0.4, 0.5) is 5.00 Å². The number of hydrogen-bond acceptors (Lipinski definition) is 4. The molecule has 1 amide bonds. The fourth-order valence-electron chi connectivity index (χ4n) is 3.22. The van der Waals surface area contributed by atoms with Crippen molar-refractivity contribution in [1.29, 1.82) is 0 Å². The molecule has 2 aromatic rings. The van der Waals surface area contributed by atoms with Crippen LogP contribution in [0.1, 0.15) is 52.0 Å². The number of rotatable bonds is 4. The van der Waals surface area contributed by atoms with Crippen molar-refractivity contribution in [3.63, 3.8) is 0 Å². The minimum Gasteiger partial charge on any atom is -0.465 e. The molecular formula is C21H23NO3S. The lowest BCUT2D eigenvalue weighted by Crippen LogP contribution is -2.12. The molecule has 1 aromatic carbocycles. The Balaban J connectivity index is 1.84. The molecule has 3 rings (SSSR count). The molecule has 1 aromatic heterocycles. The number of ether oxygens (including phenoxy) is 1. The highest BCUT2D eigenvalue weighted by Crippen LogP contribution is 2.37. The van der Waals surface area contributed by atoms with E-state index < -0.39 is 0 Å². The first-order valence-corrected chi connectivity index (χ1v) is 9.77. The van der Waals surface area contributed by atoms with Crippen LogP contribution in [0.5, 0.6) is 0 Å². The largest absolute Gasteiger partial charge is 0.465 e. The molecule has 26 heavy (non-hydrogen) atoms. The molecule has 0 bridgehead atoms. The van der Waals surface area contributed by atoms with Gasteiger partial charge in [-0.25, -0.2) is 4.79 Å². The summed E-state index contributed by atoms with van der Waals surface area (Å²) in [6, 6.07) is 9.64. The van der Waals surface area contributed by atoms with Crippen LogP contribution in [0.25, 0.3) is 6.08 Å². The maximum Gasteiger partial charge on any atom is 0.341 e. The number of benzene rings is 1. The highest BCUT2D eigenvalue weighted by atomic mass is 32.1. The zero-order valence-electron chi connectivity index (χ0n) is 14.9. The van der Waals surface area contributed by atoms with Crippen LogP contribution in [0.15, 0.2) is 36.4 Å². The van der Waals surface area contributed by atoms with Crippen LogP contribution in [-0.4, -0.2) is 19.0 Å². The van der Waals surface area contributed by atoms with Gasteiger partial charge in [0, 0.05) is 11.0 Å². The molecule has 0 unspecified atom stereocenters. The normalized spacial score (nSPS) is 14.3. The quantitative estimate of drug-likeness (QED) is 0.619. The van der Waals surface area contributed by atoms with E-state index in [-0.39, 0.29) is 11.9 Å². The number of carbonyl (C=O) groups is 2. The number of methoxy groups -OCH3 is 1. The number of carbonyl (C=O) groups excluding carboxylic acids is 2. The average Bonchev–Trinajstić information content (AvgIpc) is 2.96. The van der Waals surface area contributed by atoms with Gasteiger partial charge >= 0.3 is 5.97 Å². The average molecular weight is 369 g/mol. The van der Waals surface area contributed by atoms with Crippen LogP contribution < -0.4 is 5.32 Å². The molecule has 1 aliphatic rings. The van der Waals surface area contributed by atoms with Gasteiger partial charge in [-0.15, -0.1) is 11.3 Å². The molecule has 1 N–H and O–H groups in total. The third-order valence-electron chi connectivity index (χ3n) is 4.52. The summed E-state index contributed by atoms with van der Waals surface area (Å²) >= 11 is 1.51. The maximum absolute atomic E-state index is 12.4. The Labute approximate surface area is 157 Å². The minimum atomic E-state index is -0.370. The molecule has 0 atom stereocenters. The lowest BCUT2D eigenvalue weighted by atomic mass is 9.96. The van der Waals surface area contributed by atoms with Crippen LogP contribution in [-0.2, 0) is 22.4 Å². The fourth-order valence-corrected chi connectivity index (χ4v) is 4.50. The first kappa shape index (κ1) is 18.4. The van der Waals surface area contributed by atoms with Gasteiger partial charge in [-0.1, -0.05) is 43.2 Å². The molecule has 0 radical (unpaired) electrons. The Kier molecular flexibility index (Phi) is 6.23. The summed E-state index contributed by atoms with van der Waals surface area (Å²) in [6.45, 7) is 0. The van der Waals surface area contributed by atoms with Crippen LogP contribution in [0.3, 0.4) is 0 Å². The summed E-state index contributed by atoms with van der Waals surface area (Å²) in [7, 11) is 1.39. The first-order chi connectivity index (χ1) is 12.7. The van der Waals surface area contributed by atoms with Gasteiger partial charge in [-0.3, -0.25) is 4.79 Å². The van der Waals surface area contributed by atoms with Gasteiger partial charge in [0.25, 0.3) is 0 Å². The molecule has 0 saturated heterocycles. The van der Waals surface area contributed by atoms with Gasteiger partial charge in [0.05, 0.1) is 12.7 Å². The van der Waals surface area contributed by atoms with Gasteiger partial charge in [-0.2, -0.15) is 0 Å². The number of esters is 1. The SMILES string of the molecule is COC(=O)c1c(NC(=O)C=Cc2ccccc2)sc2c1CCCCCC2. The summed E-state index contributed by atoms with van der Waals surface area (Å²) in [4.78, 5) is 25.9. The van der Waals surface area contributed by atoms with E-state index in [2.05, 4.69) is 5.32 Å². The fraction of sp³-hybridized carbons (Fsp3) is 0.333. The van der Waals surface area contributed by atoms with Crippen molar-refractivity contribution >= 4 is 34.3 Å². The molecule has 1 aliphatic carbocycles. The van der Waals surface area contributed by atoms with E-state index in [9.17, 15) is 9.59 Å². The number of aryl methyl sites for hydroxylation is 1. The van der Waals surface area contributed by atoms with Gasteiger partial charge < -0.3 is 10.1 Å². The zero-order chi connectivity index (χ0) is 18.4. The van der Waals surface area contributed by atoms with Gasteiger partial charge in [0.2, 0.25) is 5.91 Å². The Morgan fingerprint density at radius 1 is 1.08 bits per heavy atom. The third kappa shape index (κ3) is 4.41. The molecule has 136 valence electrons. The Morgan fingerprint density at radius 2 is 1.81 bits per heavy atom. The van der Waals surface area contributed by atoms with Crippen molar-refractivity contribution in [2.45, 2.75) is 38.5 Å². The highest BCUT2D eigenvalue weighted by molar-refractivity contribution is 7.17. The van der Waals surface area contributed by atoms with E-state index in [1.54, 1.807) is 6.08 Å². The van der Waals surface area contributed by atoms with Crippen LogP contribution in [0, 0.1) is 0 Å². The van der Waals surface area contributed by atoms with Gasteiger partial charge in [0.1, 0.15) is 5.00 Å². The summed E-state index contributed by atoms with van der Waals surface area (Å²) < 4.78 is 4.98. The van der Waals surface area contributed by atoms with Crippen molar-refractivity contribution in [3.05, 3.63) is 58.0 Å². The monoisotopic (exact) mass is 369 g/mol. The smallest absolute Gasteiger partial charge is 0.341 e. The molecule has 0 aliphatic heterocycles.